The van der Waals surface area contributed by atoms with Crippen LogP contribution in [0.3, 0.4) is 0 Å². The van der Waals surface area contributed by atoms with E-state index in [2.05, 4.69) is 0 Å². The maximum Gasteiger partial charge on any atom is 0.326 e. The smallest absolute Gasteiger partial charge is 0.326 e. The number of amides is 1. The van der Waals surface area contributed by atoms with Crippen LogP contribution in [0.5, 0.6) is 0 Å². The lowest BCUT2D eigenvalue weighted by molar-refractivity contribution is -0.141. The van der Waals surface area contributed by atoms with E-state index < -0.39 is 12.0 Å². The van der Waals surface area contributed by atoms with Crippen LogP contribution in [-0.2, 0) is 17.6 Å². The molecule has 0 bridgehead atoms. The van der Waals surface area contributed by atoms with Gasteiger partial charge in [0.15, 0.2) is 0 Å². The van der Waals surface area contributed by atoms with Crippen molar-refractivity contribution in [3.05, 3.63) is 34.9 Å². The lowest BCUT2D eigenvalue weighted by Gasteiger charge is -2.21. The van der Waals surface area contributed by atoms with Gasteiger partial charge in [-0.15, -0.1) is 0 Å². The van der Waals surface area contributed by atoms with E-state index in [0.29, 0.717) is 18.5 Å². The summed E-state index contributed by atoms with van der Waals surface area (Å²) in [5, 5.41) is 9.14. The fourth-order valence-corrected chi connectivity index (χ4v) is 3.14. The van der Waals surface area contributed by atoms with Crippen LogP contribution >= 0.6 is 0 Å². The Morgan fingerprint density at radius 3 is 2.74 bits per heavy atom. The summed E-state index contributed by atoms with van der Waals surface area (Å²) in [4.78, 5) is 25.1. The summed E-state index contributed by atoms with van der Waals surface area (Å²) >= 11 is 0. The van der Waals surface area contributed by atoms with Crippen LogP contribution in [0, 0.1) is 0 Å². The molecule has 4 heteroatoms. The van der Waals surface area contributed by atoms with Crippen molar-refractivity contribution in [1.29, 1.82) is 0 Å². The number of benzene rings is 1. The number of nitrogens with zero attached hydrogens (tertiary/aromatic N) is 1. The first-order valence-electron chi connectivity index (χ1n) is 6.82. The Bertz CT molecular complexity index is 538. The molecule has 100 valence electrons. The summed E-state index contributed by atoms with van der Waals surface area (Å²) in [5.41, 5.74) is 3.21. The average molecular weight is 259 g/mol. The van der Waals surface area contributed by atoms with Gasteiger partial charge in [0.25, 0.3) is 5.91 Å². The summed E-state index contributed by atoms with van der Waals surface area (Å²) in [7, 11) is 0. The van der Waals surface area contributed by atoms with Crippen LogP contribution in [0.15, 0.2) is 18.2 Å². The first-order chi connectivity index (χ1) is 9.16. The van der Waals surface area contributed by atoms with Gasteiger partial charge in [-0.05, 0) is 55.4 Å². The predicted molar refractivity (Wildman–Crippen MR) is 70.2 cm³/mol. The second-order valence-electron chi connectivity index (χ2n) is 5.33. The van der Waals surface area contributed by atoms with E-state index >= 15 is 0 Å². The van der Waals surface area contributed by atoms with E-state index in [9.17, 15) is 9.59 Å². The molecule has 1 fully saturated rings. The van der Waals surface area contributed by atoms with E-state index in [1.165, 1.54) is 16.0 Å². The van der Waals surface area contributed by atoms with Gasteiger partial charge in [0.05, 0.1) is 0 Å². The Hall–Kier alpha value is -1.84. The first-order valence-corrected chi connectivity index (χ1v) is 6.82. The molecule has 0 spiro atoms. The number of fused-ring (bicyclic) bond motifs is 1. The zero-order valence-corrected chi connectivity index (χ0v) is 10.8. The van der Waals surface area contributed by atoms with E-state index in [0.717, 1.165) is 25.7 Å². The highest BCUT2D eigenvalue weighted by atomic mass is 16.4. The van der Waals surface area contributed by atoms with E-state index in [1.807, 2.05) is 18.2 Å². The molecule has 1 unspecified atom stereocenters. The quantitative estimate of drug-likeness (QED) is 0.882. The largest absolute Gasteiger partial charge is 0.480 e. The van der Waals surface area contributed by atoms with Gasteiger partial charge in [-0.2, -0.15) is 0 Å². The van der Waals surface area contributed by atoms with Gasteiger partial charge in [-0.3, -0.25) is 4.79 Å². The molecule has 1 aromatic rings. The Morgan fingerprint density at radius 2 is 1.95 bits per heavy atom. The number of likely N-dealkylation sites (tertiary alicyclic amines) is 1. The number of carboxylic acid groups (broad SMARTS) is 1. The van der Waals surface area contributed by atoms with Crippen molar-refractivity contribution >= 4 is 11.9 Å². The van der Waals surface area contributed by atoms with Gasteiger partial charge in [0, 0.05) is 12.1 Å². The third kappa shape index (κ3) is 2.11. The highest BCUT2D eigenvalue weighted by Gasteiger charge is 2.34. The zero-order valence-electron chi connectivity index (χ0n) is 10.8. The minimum Gasteiger partial charge on any atom is -0.480 e. The van der Waals surface area contributed by atoms with Crippen molar-refractivity contribution in [1.82, 2.24) is 4.90 Å². The number of hydrogen-bond donors (Lipinski definition) is 1. The standard InChI is InChI=1S/C15H17NO3/c17-14(16-8-2-5-13(16)15(18)19)12-7-6-10-3-1-4-11(10)9-12/h6-7,9,13H,1-5,8H2,(H,18,19). The molecule has 1 amide bonds. The monoisotopic (exact) mass is 259 g/mol. The van der Waals surface area contributed by atoms with Crippen LogP contribution in [-0.4, -0.2) is 34.5 Å². The van der Waals surface area contributed by atoms with E-state index in [-0.39, 0.29) is 5.91 Å². The van der Waals surface area contributed by atoms with E-state index in [1.54, 1.807) is 0 Å². The minimum atomic E-state index is -0.896. The summed E-state index contributed by atoms with van der Waals surface area (Å²) in [5.74, 6) is -1.04. The molecule has 1 saturated heterocycles. The van der Waals surface area contributed by atoms with Crippen molar-refractivity contribution in [3.8, 4) is 0 Å². The van der Waals surface area contributed by atoms with Crippen molar-refractivity contribution in [2.45, 2.75) is 38.1 Å². The predicted octanol–water partition coefficient (Wildman–Crippen LogP) is 1.86. The van der Waals surface area contributed by atoms with Crippen LogP contribution in [0.2, 0.25) is 0 Å². The number of carbonyl (C=O) groups is 2. The summed E-state index contributed by atoms with van der Waals surface area (Å²) in [6, 6.07) is 5.15. The van der Waals surface area contributed by atoms with Gasteiger partial charge in [-0.25, -0.2) is 4.79 Å². The molecule has 1 aliphatic heterocycles. The lowest BCUT2D eigenvalue weighted by Crippen LogP contribution is -2.40. The van der Waals surface area contributed by atoms with Crippen LogP contribution < -0.4 is 0 Å². The molecular formula is C15H17NO3. The number of carboxylic acids is 1. The summed E-state index contributed by atoms with van der Waals surface area (Å²) < 4.78 is 0. The minimum absolute atomic E-state index is 0.139. The maximum atomic E-state index is 12.4. The zero-order chi connectivity index (χ0) is 13.4. The Morgan fingerprint density at radius 1 is 1.16 bits per heavy atom. The topological polar surface area (TPSA) is 57.6 Å². The average Bonchev–Trinajstić information content (AvgIpc) is 3.05. The molecule has 1 aliphatic carbocycles. The number of carbonyl (C=O) groups excluding carboxylic acids is 1. The van der Waals surface area contributed by atoms with Crippen molar-refractivity contribution < 1.29 is 14.7 Å². The summed E-state index contributed by atoms with van der Waals surface area (Å²) in [6.07, 6.45) is 4.60. The van der Waals surface area contributed by atoms with Gasteiger partial charge in [0.2, 0.25) is 0 Å². The molecule has 19 heavy (non-hydrogen) atoms. The Labute approximate surface area is 112 Å². The lowest BCUT2D eigenvalue weighted by atomic mass is 10.1. The number of aliphatic carboxylic acids is 1. The molecule has 2 aliphatic rings. The van der Waals surface area contributed by atoms with Crippen LogP contribution in [0.4, 0.5) is 0 Å². The van der Waals surface area contributed by atoms with Gasteiger partial charge < -0.3 is 10.0 Å². The SMILES string of the molecule is O=C(O)C1CCCN1C(=O)c1ccc2c(c1)CCC2. The molecule has 1 atom stereocenters. The number of aryl methyl sites for hydroxylation is 2. The highest BCUT2D eigenvalue weighted by Crippen LogP contribution is 2.25. The fraction of sp³-hybridized carbons (Fsp3) is 0.467. The first kappa shape index (κ1) is 12.2. The Balaban J connectivity index is 1.85. The van der Waals surface area contributed by atoms with Crippen molar-refractivity contribution in [2.24, 2.45) is 0 Å². The normalized spacial score (nSPS) is 21.5. The Kier molecular flexibility index (Phi) is 3.01. The molecule has 1 N–H and O–H groups in total. The maximum absolute atomic E-state index is 12.4. The van der Waals surface area contributed by atoms with E-state index in [4.69, 9.17) is 5.11 Å². The second-order valence-corrected chi connectivity index (χ2v) is 5.33. The number of rotatable bonds is 2. The fourth-order valence-electron chi connectivity index (χ4n) is 3.14. The highest BCUT2D eigenvalue weighted by molar-refractivity contribution is 5.97. The van der Waals surface area contributed by atoms with Crippen LogP contribution in [0.25, 0.3) is 0 Å². The molecule has 0 saturated carbocycles. The molecule has 0 radical (unpaired) electrons. The van der Waals surface area contributed by atoms with Gasteiger partial charge in [0.1, 0.15) is 6.04 Å². The van der Waals surface area contributed by atoms with Crippen molar-refractivity contribution in [2.75, 3.05) is 6.54 Å². The van der Waals surface area contributed by atoms with Gasteiger partial charge in [-0.1, -0.05) is 6.07 Å². The third-order valence-corrected chi connectivity index (χ3v) is 4.14. The molecule has 1 aromatic carbocycles. The summed E-state index contributed by atoms with van der Waals surface area (Å²) in [6.45, 7) is 0.548. The molecule has 4 nitrogen and oxygen atoms in total. The third-order valence-electron chi connectivity index (χ3n) is 4.14. The molecule has 0 aromatic heterocycles. The molecule has 3 rings (SSSR count). The molecular weight excluding hydrogens is 242 g/mol. The molecule has 1 heterocycles. The second kappa shape index (κ2) is 4.68. The van der Waals surface area contributed by atoms with Gasteiger partial charge >= 0.3 is 5.97 Å². The van der Waals surface area contributed by atoms with Crippen LogP contribution in [0.1, 0.15) is 40.7 Å². The number of hydrogen-bond acceptors (Lipinski definition) is 2. The van der Waals surface area contributed by atoms with Crippen molar-refractivity contribution in [3.63, 3.8) is 0 Å².